The third-order valence-corrected chi connectivity index (χ3v) is 3.99. The molecule has 1 heterocycles. The van der Waals surface area contributed by atoms with Gasteiger partial charge in [-0.15, -0.1) is 0 Å². The number of anilines is 4. The number of rotatable bonds is 6. The number of aromatic nitrogens is 2. The van der Waals surface area contributed by atoms with Crippen molar-refractivity contribution in [3.8, 4) is 5.75 Å². The van der Waals surface area contributed by atoms with Gasteiger partial charge in [-0.3, -0.25) is 0 Å². The summed E-state index contributed by atoms with van der Waals surface area (Å²) < 4.78 is 5.66. The number of nitrogens with one attached hydrogen (secondary N) is 2. The Hall–Kier alpha value is -2.79. The summed E-state index contributed by atoms with van der Waals surface area (Å²) in [6, 6.07) is 15.3. The van der Waals surface area contributed by atoms with E-state index in [0.717, 1.165) is 28.4 Å². The molecule has 0 saturated carbocycles. The molecule has 3 rings (SSSR count). The molecule has 0 fully saturated rings. The summed E-state index contributed by atoms with van der Waals surface area (Å²) in [7, 11) is 0. The maximum Gasteiger partial charge on any atom is 0.229 e. The molecule has 0 bridgehead atoms. The second kappa shape index (κ2) is 8.06. The van der Waals surface area contributed by atoms with Crippen molar-refractivity contribution in [3.05, 3.63) is 64.8 Å². The lowest BCUT2D eigenvalue weighted by atomic mass is 10.2. The van der Waals surface area contributed by atoms with Gasteiger partial charge in [0.25, 0.3) is 0 Å². The number of benzene rings is 2. The normalized spacial score (nSPS) is 10.5. The van der Waals surface area contributed by atoms with Gasteiger partial charge in [-0.05, 0) is 50.6 Å². The predicted octanol–water partition coefficient (Wildman–Crippen LogP) is 5.63. The first-order valence-electron chi connectivity index (χ1n) is 8.43. The topological polar surface area (TPSA) is 59.1 Å². The van der Waals surface area contributed by atoms with Crippen LogP contribution in [0.5, 0.6) is 5.75 Å². The van der Waals surface area contributed by atoms with Crippen LogP contribution >= 0.6 is 11.6 Å². The smallest absolute Gasteiger partial charge is 0.229 e. The van der Waals surface area contributed by atoms with E-state index in [2.05, 4.69) is 20.6 Å². The van der Waals surface area contributed by atoms with E-state index in [9.17, 15) is 0 Å². The second-order valence-corrected chi connectivity index (χ2v) is 6.29. The molecule has 0 radical (unpaired) electrons. The number of halogens is 1. The van der Waals surface area contributed by atoms with Crippen LogP contribution in [0.15, 0.2) is 48.5 Å². The third kappa shape index (κ3) is 4.43. The zero-order chi connectivity index (χ0) is 18.5. The number of hydrogen-bond donors (Lipinski definition) is 2. The number of ether oxygens (including phenoxy) is 1. The highest BCUT2D eigenvalue weighted by Crippen LogP contribution is 2.28. The van der Waals surface area contributed by atoms with E-state index in [4.69, 9.17) is 16.3 Å². The molecule has 0 unspecified atom stereocenters. The van der Waals surface area contributed by atoms with E-state index in [1.165, 1.54) is 0 Å². The van der Waals surface area contributed by atoms with E-state index < -0.39 is 0 Å². The standard InChI is InChI=1S/C20H21ClN4O/c1-4-26-18-8-6-5-7-16(18)23-19-11-14(3)22-20(25-19)24-17-12-15(21)10-9-13(17)2/h5-12H,4H2,1-3H3,(H2,22,23,24,25). The maximum atomic E-state index is 6.09. The Morgan fingerprint density at radius 1 is 0.962 bits per heavy atom. The van der Waals surface area contributed by atoms with Gasteiger partial charge in [-0.1, -0.05) is 29.8 Å². The Morgan fingerprint density at radius 2 is 1.77 bits per heavy atom. The highest BCUT2D eigenvalue weighted by atomic mass is 35.5. The lowest BCUT2D eigenvalue weighted by Crippen LogP contribution is -2.04. The molecule has 2 N–H and O–H groups in total. The summed E-state index contributed by atoms with van der Waals surface area (Å²) in [6.07, 6.45) is 0. The van der Waals surface area contributed by atoms with Crippen LogP contribution in [-0.2, 0) is 0 Å². The predicted molar refractivity (Wildman–Crippen MR) is 107 cm³/mol. The molecule has 0 atom stereocenters. The lowest BCUT2D eigenvalue weighted by Gasteiger charge is -2.14. The minimum Gasteiger partial charge on any atom is -0.492 e. The molecule has 3 aromatic rings. The highest BCUT2D eigenvalue weighted by Gasteiger charge is 2.08. The quantitative estimate of drug-likeness (QED) is 0.590. The van der Waals surface area contributed by atoms with Crippen molar-refractivity contribution in [2.24, 2.45) is 0 Å². The summed E-state index contributed by atoms with van der Waals surface area (Å²) in [4.78, 5) is 9.03. The molecular formula is C20H21ClN4O. The van der Waals surface area contributed by atoms with Crippen molar-refractivity contribution in [1.29, 1.82) is 0 Å². The van der Waals surface area contributed by atoms with Gasteiger partial charge in [0, 0.05) is 22.5 Å². The molecule has 1 aromatic heterocycles. The summed E-state index contributed by atoms with van der Waals surface area (Å²) in [5, 5.41) is 7.21. The van der Waals surface area contributed by atoms with Crippen LogP contribution in [0.1, 0.15) is 18.2 Å². The summed E-state index contributed by atoms with van der Waals surface area (Å²) in [5.41, 5.74) is 3.65. The van der Waals surface area contributed by atoms with Gasteiger partial charge in [0.1, 0.15) is 11.6 Å². The molecule has 0 amide bonds. The summed E-state index contributed by atoms with van der Waals surface area (Å²) >= 11 is 6.09. The summed E-state index contributed by atoms with van der Waals surface area (Å²) in [5.74, 6) is 1.98. The average Bonchev–Trinajstić information content (AvgIpc) is 2.60. The van der Waals surface area contributed by atoms with Gasteiger partial charge >= 0.3 is 0 Å². The molecule has 0 saturated heterocycles. The Morgan fingerprint density at radius 3 is 2.58 bits per heavy atom. The van der Waals surface area contributed by atoms with Gasteiger partial charge in [0.05, 0.1) is 12.3 Å². The van der Waals surface area contributed by atoms with Crippen LogP contribution in [0, 0.1) is 13.8 Å². The van der Waals surface area contributed by atoms with E-state index in [0.29, 0.717) is 23.4 Å². The van der Waals surface area contributed by atoms with Crippen LogP contribution in [0.4, 0.5) is 23.1 Å². The SMILES string of the molecule is CCOc1ccccc1Nc1cc(C)nc(Nc2cc(Cl)ccc2C)n1. The van der Waals surface area contributed by atoms with Crippen molar-refractivity contribution < 1.29 is 4.74 Å². The van der Waals surface area contributed by atoms with Crippen molar-refractivity contribution in [2.45, 2.75) is 20.8 Å². The second-order valence-electron chi connectivity index (χ2n) is 5.86. The van der Waals surface area contributed by atoms with Crippen LogP contribution in [0.2, 0.25) is 5.02 Å². The molecule has 6 heteroatoms. The molecule has 134 valence electrons. The molecule has 5 nitrogen and oxygen atoms in total. The van der Waals surface area contributed by atoms with Crippen molar-refractivity contribution in [2.75, 3.05) is 17.2 Å². The zero-order valence-corrected chi connectivity index (χ0v) is 15.8. The summed E-state index contributed by atoms with van der Waals surface area (Å²) in [6.45, 7) is 6.49. The van der Waals surface area contributed by atoms with Gasteiger partial charge in [0.2, 0.25) is 5.95 Å². The molecule has 0 aliphatic rings. The van der Waals surface area contributed by atoms with Crippen molar-refractivity contribution >= 4 is 34.7 Å². The van der Waals surface area contributed by atoms with Crippen molar-refractivity contribution in [3.63, 3.8) is 0 Å². The maximum absolute atomic E-state index is 6.09. The number of para-hydroxylation sites is 2. The fraction of sp³-hybridized carbons (Fsp3) is 0.200. The molecule has 0 aliphatic carbocycles. The number of aryl methyl sites for hydroxylation is 2. The Kier molecular flexibility index (Phi) is 5.58. The Labute approximate surface area is 158 Å². The van der Waals surface area contributed by atoms with Gasteiger partial charge in [-0.25, -0.2) is 4.98 Å². The van der Waals surface area contributed by atoms with Crippen LogP contribution < -0.4 is 15.4 Å². The van der Waals surface area contributed by atoms with E-state index in [1.807, 2.05) is 69.3 Å². The highest BCUT2D eigenvalue weighted by molar-refractivity contribution is 6.30. The van der Waals surface area contributed by atoms with E-state index in [1.54, 1.807) is 0 Å². The van der Waals surface area contributed by atoms with Crippen LogP contribution in [0.25, 0.3) is 0 Å². The third-order valence-electron chi connectivity index (χ3n) is 3.75. The average molecular weight is 369 g/mol. The van der Waals surface area contributed by atoms with E-state index in [-0.39, 0.29) is 0 Å². The molecule has 2 aromatic carbocycles. The monoisotopic (exact) mass is 368 g/mol. The molecular weight excluding hydrogens is 348 g/mol. The van der Waals surface area contributed by atoms with Crippen LogP contribution in [0.3, 0.4) is 0 Å². The molecule has 26 heavy (non-hydrogen) atoms. The minimum absolute atomic E-state index is 0.506. The molecule has 0 aliphatic heterocycles. The fourth-order valence-electron chi connectivity index (χ4n) is 2.53. The zero-order valence-electron chi connectivity index (χ0n) is 15.0. The number of hydrogen-bond acceptors (Lipinski definition) is 5. The van der Waals surface area contributed by atoms with Gasteiger partial charge in [-0.2, -0.15) is 4.98 Å². The first kappa shape index (κ1) is 18.0. The first-order valence-corrected chi connectivity index (χ1v) is 8.80. The van der Waals surface area contributed by atoms with Crippen LogP contribution in [-0.4, -0.2) is 16.6 Å². The largest absolute Gasteiger partial charge is 0.492 e. The molecule has 0 spiro atoms. The fourth-order valence-corrected chi connectivity index (χ4v) is 2.70. The Bertz CT molecular complexity index is 914. The number of nitrogens with zero attached hydrogens (tertiary/aromatic N) is 2. The minimum atomic E-state index is 0.506. The van der Waals surface area contributed by atoms with E-state index >= 15 is 0 Å². The van der Waals surface area contributed by atoms with Gasteiger partial charge < -0.3 is 15.4 Å². The van der Waals surface area contributed by atoms with Gasteiger partial charge in [0.15, 0.2) is 0 Å². The Balaban J connectivity index is 1.87. The first-order chi connectivity index (χ1) is 12.5. The lowest BCUT2D eigenvalue weighted by molar-refractivity contribution is 0.342. The van der Waals surface area contributed by atoms with Crippen molar-refractivity contribution in [1.82, 2.24) is 9.97 Å².